The lowest BCUT2D eigenvalue weighted by Gasteiger charge is -2.26. The van der Waals surface area contributed by atoms with Crippen LogP contribution in [0.25, 0.3) is 6.08 Å². The molecule has 34 heavy (non-hydrogen) atoms. The largest absolute Gasteiger partial charge is 0.493 e. The van der Waals surface area contributed by atoms with Crippen molar-refractivity contribution in [1.82, 2.24) is 4.90 Å². The van der Waals surface area contributed by atoms with Crippen molar-refractivity contribution in [3.05, 3.63) is 59.2 Å². The number of anilines is 1. The number of ether oxygens (including phenoxy) is 3. The van der Waals surface area contributed by atoms with E-state index < -0.39 is 11.9 Å². The summed E-state index contributed by atoms with van der Waals surface area (Å²) in [7, 11) is 1.44. The first-order valence-corrected chi connectivity index (χ1v) is 10.3. The van der Waals surface area contributed by atoms with Crippen LogP contribution in [0.15, 0.2) is 48.0 Å². The maximum Gasteiger partial charge on any atom is 0.335 e. The maximum atomic E-state index is 12.5. The summed E-state index contributed by atoms with van der Waals surface area (Å²) in [5, 5.41) is 20.9. The molecule has 1 fully saturated rings. The fourth-order valence-electron chi connectivity index (χ4n) is 3.15. The van der Waals surface area contributed by atoms with E-state index in [9.17, 15) is 19.6 Å². The number of carbonyl (C=O) groups excluding carboxylic acids is 2. The molecule has 10 heteroatoms. The Bertz CT molecular complexity index is 1130. The molecule has 0 unspecified atom stereocenters. The van der Waals surface area contributed by atoms with Crippen molar-refractivity contribution in [2.75, 3.05) is 45.3 Å². The van der Waals surface area contributed by atoms with Crippen molar-refractivity contribution < 1.29 is 33.7 Å². The highest BCUT2D eigenvalue weighted by Crippen LogP contribution is 2.29. The number of hydrogen-bond donors (Lipinski definition) is 2. The van der Waals surface area contributed by atoms with Gasteiger partial charge in [-0.05, 0) is 48.0 Å². The van der Waals surface area contributed by atoms with Crippen LogP contribution in [0.1, 0.15) is 15.9 Å². The van der Waals surface area contributed by atoms with Gasteiger partial charge in [-0.15, -0.1) is 0 Å². The van der Waals surface area contributed by atoms with Crippen LogP contribution in [0.5, 0.6) is 11.5 Å². The van der Waals surface area contributed by atoms with Gasteiger partial charge in [0.25, 0.3) is 11.8 Å². The molecule has 2 aromatic rings. The van der Waals surface area contributed by atoms with E-state index in [2.05, 4.69) is 5.32 Å². The van der Waals surface area contributed by atoms with Gasteiger partial charge in [0, 0.05) is 18.8 Å². The molecule has 1 aliphatic heterocycles. The number of rotatable bonds is 8. The minimum Gasteiger partial charge on any atom is -0.493 e. The van der Waals surface area contributed by atoms with Crippen LogP contribution in [-0.4, -0.2) is 67.8 Å². The van der Waals surface area contributed by atoms with E-state index in [-0.39, 0.29) is 23.7 Å². The molecule has 1 saturated heterocycles. The molecule has 2 amide bonds. The molecule has 0 spiro atoms. The second kappa shape index (κ2) is 11.5. The molecular weight excluding hydrogens is 442 g/mol. The zero-order chi connectivity index (χ0) is 24.5. The number of methoxy groups -OCH3 is 1. The number of carboxylic acid groups (broad SMARTS) is 1. The SMILES string of the molecule is COc1cc(/C=C(\C#N)C(=O)Nc2ccc(C(=O)O)cc2)ccc1OCC(=O)N1CCOCC1. The minimum absolute atomic E-state index is 0.0788. The summed E-state index contributed by atoms with van der Waals surface area (Å²) < 4.78 is 16.2. The molecule has 0 aromatic heterocycles. The van der Waals surface area contributed by atoms with E-state index >= 15 is 0 Å². The van der Waals surface area contributed by atoms with Crippen LogP contribution in [-0.2, 0) is 14.3 Å². The first-order valence-electron chi connectivity index (χ1n) is 10.3. The zero-order valence-electron chi connectivity index (χ0n) is 18.4. The summed E-state index contributed by atoms with van der Waals surface area (Å²) in [6.07, 6.45) is 1.38. The fraction of sp³-hybridized carbons (Fsp3) is 0.250. The molecule has 0 radical (unpaired) electrons. The van der Waals surface area contributed by atoms with E-state index in [0.717, 1.165) is 0 Å². The third kappa shape index (κ3) is 6.34. The van der Waals surface area contributed by atoms with E-state index in [0.29, 0.717) is 49.1 Å². The van der Waals surface area contributed by atoms with Gasteiger partial charge in [0.05, 0.1) is 25.9 Å². The number of nitriles is 1. The Balaban J connectivity index is 1.68. The molecular formula is C24H23N3O7. The average molecular weight is 465 g/mol. The Morgan fingerprint density at radius 2 is 1.85 bits per heavy atom. The highest BCUT2D eigenvalue weighted by molar-refractivity contribution is 6.09. The molecule has 1 aliphatic rings. The van der Waals surface area contributed by atoms with Gasteiger partial charge in [-0.3, -0.25) is 9.59 Å². The van der Waals surface area contributed by atoms with Crippen molar-refractivity contribution in [3.63, 3.8) is 0 Å². The summed E-state index contributed by atoms with van der Waals surface area (Å²) in [6, 6.07) is 12.2. The lowest BCUT2D eigenvalue weighted by molar-refractivity contribution is -0.137. The number of nitrogens with one attached hydrogen (secondary N) is 1. The summed E-state index contributed by atoms with van der Waals surface area (Å²) in [4.78, 5) is 37.4. The lowest BCUT2D eigenvalue weighted by atomic mass is 10.1. The lowest BCUT2D eigenvalue weighted by Crippen LogP contribution is -2.43. The third-order valence-electron chi connectivity index (χ3n) is 4.97. The molecule has 3 rings (SSSR count). The highest BCUT2D eigenvalue weighted by Gasteiger charge is 2.18. The minimum atomic E-state index is -1.08. The smallest absolute Gasteiger partial charge is 0.335 e. The molecule has 1 heterocycles. The van der Waals surface area contributed by atoms with Crippen LogP contribution in [0.2, 0.25) is 0 Å². The average Bonchev–Trinajstić information content (AvgIpc) is 2.86. The van der Waals surface area contributed by atoms with Gasteiger partial charge in [-0.25, -0.2) is 4.79 Å². The van der Waals surface area contributed by atoms with Gasteiger partial charge in [0.1, 0.15) is 11.6 Å². The Morgan fingerprint density at radius 1 is 1.15 bits per heavy atom. The second-order valence-electron chi connectivity index (χ2n) is 7.20. The molecule has 176 valence electrons. The first kappa shape index (κ1) is 24.3. The highest BCUT2D eigenvalue weighted by atomic mass is 16.5. The number of morpholine rings is 1. The second-order valence-corrected chi connectivity index (χ2v) is 7.20. The van der Waals surface area contributed by atoms with Gasteiger partial charge in [0.15, 0.2) is 18.1 Å². The standard InChI is InChI=1S/C24H23N3O7/c1-32-21-13-16(2-7-20(21)34-15-22(28)27-8-10-33-11-9-27)12-18(14-25)23(29)26-19-5-3-17(4-6-19)24(30)31/h2-7,12-13H,8-11,15H2,1H3,(H,26,29)(H,30,31)/b18-12+. The number of carboxylic acids is 1. The van der Waals surface area contributed by atoms with Gasteiger partial charge >= 0.3 is 5.97 Å². The predicted octanol–water partition coefficient (Wildman–Crippen LogP) is 2.18. The Kier molecular flexibility index (Phi) is 8.21. The van der Waals surface area contributed by atoms with E-state index in [1.165, 1.54) is 37.5 Å². The van der Waals surface area contributed by atoms with Gasteiger partial charge in [0.2, 0.25) is 0 Å². The molecule has 0 bridgehead atoms. The number of nitrogens with zero attached hydrogens (tertiary/aromatic N) is 2. The first-order chi connectivity index (χ1) is 16.4. The molecule has 0 atom stereocenters. The van der Waals surface area contributed by atoms with Gasteiger partial charge in [-0.2, -0.15) is 5.26 Å². The quantitative estimate of drug-likeness (QED) is 0.447. The molecule has 0 aliphatic carbocycles. The third-order valence-corrected chi connectivity index (χ3v) is 4.97. The maximum absolute atomic E-state index is 12.5. The van der Waals surface area contributed by atoms with Crippen molar-refractivity contribution >= 4 is 29.5 Å². The van der Waals surface area contributed by atoms with Crippen LogP contribution >= 0.6 is 0 Å². The molecule has 0 saturated carbocycles. The number of hydrogen-bond acceptors (Lipinski definition) is 7. The van der Waals surface area contributed by atoms with E-state index in [4.69, 9.17) is 19.3 Å². The summed E-state index contributed by atoms with van der Waals surface area (Å²) in [6.45, 7) is 1.88. The molecule has 2 aromatic carbocycles. The number of aromatic carboxylic acids is 1. The molecule has 10 nitrogen and oxygen atoms in total. The summed E-state index contributed by atoms with van der Waals surface area (Å²) in [5.74, 6) is -1.20. The van der Waals surface area contributed by atoms with Crippen LogP contribution in [0.3, 0.4) is 0 Å². The normalized spacial score (nSPS) is 13.5. The van der Waals surface area contributed by atoms with Crippen LogP contribution < -0.4 is 14.8 Å². The Hall–Kier alpha value is -4.36. The Morgan fingerprint density at radius 3 is 2.47 bits per heavy atom. The number of amides is 2. The number of carbonyl (C=O) groups is 3. The van der Waals surface area contributed by atoms with Crippen molar-refractivity contribution in [1.29, 1.82) is 5.26 Å². The van der Waals surface area contributed by atoms with Crippen molar-refractivity contribution in [2.45, 2.75) is 0 Å². The summed E-state index contributed by atoms with van der Waals surface area (Å²) >= 11 is 0. The predicted molar refractivity (Wildman–Crippen MR) is 122 cm³/mol. The Labute approximate surface area is 195 Å². The van der Waals surface area contributed by atoms with E-state index in [1.807, 2.05) is 6.07 Å². The zero-order valence-corrected chi connectivity index (χ0v) is 18.4. The topological polar surface area (TPSA) is 138 Å². The van der Waals surface area contributed by atoms with E-state index in [1.54, 1.807) is 23.1 Å². The molecule has 2 N–H and O–H groups in total. The fourth-order valence-corrected chi connectivity index (χ4v) is 3.15. The van der Waals surface area contributed by atoms with Crippen LogP contribution in [0.4, 0.5) is 5.69 Å². The summed E-state index contributed by atoms with van der Waals surface area (Å²) in [5.41, 5.74) is 0.773. The van der Waals surface area contributed by atoms with Gasteiger partial charge < -0.3 is 29.5 Å². The van der Waals surface area contributed by atoms with Crippen LogP contribution in [0, 0.1) is 11.3 Å². The van der Waals surface area contributed by atoms with Gasteiger partial charge in [-0.1, -0.05) is 6.07 Å². The van der Waals surface area contributed by atoms with Crippen molar-refractivity contribution in [3.8, 4) is 17.6 Å². The number of benzene rings is 2. The van der Waals surface area contributed by atoms with Crippen molar-refractivity contribution in [2.24, 2.45) is 0 Å². The monoisotopic (exact) mass is 465 g/mol.